The third-order valence-corrected chi connectivity index (χ3v) is 5.31. The van der Waals surface area contributed by atoms with Crippen LogP contribution in [0, 0.1) is 0 Å². The molecule has 2 amide bonds. The average Bonchev–Trinajstić information content (AvgIpc) is 3.04. The number of carbonyl (C=O) groups excluding carboxylic acids is 2. The topological polar surface area (TPSA) is 84.0 Å². The Morgan fingerprint density at radius 1 is 1.15 bits per heavy atom. The van der Waals surface area contributed by atoms with Crippen molar-refractivity contribution in [2.45, 2.75) is 52.0 Å². The van der Waals surface area contributed by atoms with Gasteiger partial charge in [-0.2, -0.15) is 0 Å². The lowest BCUT2D eigenvalue weighted by Gasteiger charge is -2.17. The molecule has 0 saturated heterocycles. The molecule has 0 saturated carbocycles. The summed E-state index contributed by atoms with van der Waals surface area (Å²) in [6.07, 6.45) is 2.07. The molecule has 26 heavy (non-hydrogen) atoms. The molecule has 8 heteroatoms. The molecule has 1 heterocycles. The van der Waals surface area contributed by atoms with E-state index < -0.39 is 6.04 Å². The molecule has 140 valence electrons. The summed E-state index contributed by atoms with van der Waals surface area (Å²) in [6.45, 7) is 5.64. The third kappa shape index (κ3) is 5.78. The van der Waals surface area contributed by atoms with E-state index in [0.29, 0.717) is 16.1 Å². The minimum atomic E-state index is -0.434. The maximum atomic E-state index is 12.4. The van der Waals surface area contributed by atoms with Gasteiger partial charge < -0.3 is 10.6 Å². The predicted octanol–water partition coefficient (Wildman–Crippen LogP) is 4.30. The number of amides is 2. The molecule has 0 bridgehead atoms. The quantitative estimate of drug-likeness (QED) is 0.699. The molecule has 0 spiro atoms. The molecule has 2 aromatic rings. The van der Waals surface area contributed by atoms with Crippen molar-refractivity contribution in [1.29, 1.82) is 0 Å². The molecule has 0 aliphatic carbocycles. The minimum Gasteiger partial charge on any atom is -0.349 e. The number of hydrogen-bond acceptors (Lipinski definition) is 5. The largest absolute Gasteiger partial charge is 0.349 e. The molecule has 2 rings (SSSR count). The smallest absolute Gasteiger partial charge is 0.228 e. The van der Waals surface area contributed by atoms with Crippen molar-refractivity contribution in [2.24, 2.45) is 0 Å². The Balaban J connectivity index is 2.05. The molecule has 1 atom stereocenters. The van der Waals surface area contributed by atoms with Gasteiger partial charge in [-0.15, -0.1) is 10.2 Å². The van der Waals surface area contributed by atoms with Crippen molar-refractivity contribution in [3.63, 3.8) is 0 Å². The lowest BCUT2D eigenvalue weighted by Crippen LogP contribution is -2.29. The van der Waals surface area contributed by atoms with Crippen LogP contribution in [-0.4, -0.2) is 22.0 Å². The zero-order chi connectivity index (χ0) is 19.1. The van der Waals surface area contributed by atoms with Gasteiger partial charge in [0, 0.05) is 17.9 Å². The standard InChI is InChI=1S/C18H23ClN4O2S/c1-4-12(5-2)17-22-23-18(26-17)21-16(25)10-15(20-11(3)24)13-6-8-14(19)9-7-13/h6-9,12,15H,4-5,10H2,1-3H3,(H,20,24)(H,21,23,25). The predicted molar refractivity (Wildman–Crippen MR) is 104 cm³/mol. The van der Waals surface area contributed by atoms with Crippen LogP contribution in [0.25, 0.3) is 0 Å². The molecule has 6 nitrogen and oxygen atoms in total. The number of nitrogens with zero attached hydrogens (tertiary/aromatic N) is 2. The fourth-order valence-electron chi connectivity index (χ4n) is 2.64. The van der Waals surface area contributed by atoms with E-state index in [1.807, 2.05) is 0 Å². The fraction of sp³-hybridized carbons (Fsp3) is 0.444. The third-order valence-electron chi connectivity index (χ3n) is 4.06. The molecule has 0 aliphatic rings. The Morgan fingerprint density at radius 2 is 1.81 bits per heavy atom. The maximum absolute atomic E-state index is 12.4. The summed E-state index contributed by atoms with van der Waals surface area (Å²) in [4.78, 5) is 23.9. The van der Waals surface area contributed by atoms with Gasteiger partial charge in [-0.05, 0) is 30.5 Å². The van der Waals surface area contributed by atoms with E-state index in [-0.39, 0.29) is 18.2 Å². The van der Waals surface area contributed by atoms with E-state index in [0.717, 1.165) is 23.4 Å². The Labute approximate surface area is 162 Å². The number of rotatable bonds is 8. The molecular formula is C18H23ClN4O2S. The van der Waals surface area contributed by atoms with Crippen molar-refractivity contribution in [2.75, 3.05) is 5.32 Å². The van der Waals surface area contributed by atoms with Gasteiger partial charge in [0.05, 0.1) is 12.5 Å². The first-order valence-corrected chi connectivity index (χ1v) is 9.78. The van der Waals surface area contributed by atoms with Crippen LogP contribution in [-0.2, 0) is 9.59 Å². The van der Waals surface area contributed by atoms with E-state index in [1.54, 1.807) is 24.3 Å². The van der Waals surface area contributed by atoms with Crippen molar-refractivity contribution in [3.8, 4) is 0 Å². The van der Waals surface area contributed by atoms with Crippen LogP contribution in [0.4, 0.5) is 5.13 Å². The van der Waals surface area contributed by atoms with Crippen LogP contribution in [0.3, 0.4) is 0 Å². The summed E-state index contributed by atoms with van der Waals surface area (Å²) >= 11 is 7.30. The van der Waals surface area contributed by atoms with Crippen molar-refractivity contribution in [3.05, 3.63) is 39.9 Å². The monoisotopic (exact) mass is 394 g/mol. The van der Waals surface area contributed by atoms with E-state index in [2.05, 4.69) is 34.7 Å². The number of halogens is 1. The van der Waals surface area contributed by atoms with E-state index in [4.69, 9.17) is 11.6 Å². The van der Waals surface area contributed by atoms with Crippen LogP contribution >= 0.6 is 22.9 Å². The Morgan fingerprint density at radius 3 is 2.38 bits per heavy atom. The fourth-order valence-corrected chi connectivity index (χ4v) is 3.79. The maximum Gasteiger partial charge on any atom is 0.228 e. The van der Waals surface area contributed by atoms with Gasteiger partial charge in [-0.1, -0.05) is 48.9 Å². The number of nitrogens with one attached hydrogen (secondary N) is 2. The minimum absolute atomic E-state index is 0.0983. The van der Waals surface area contributed by atoms with Gasteiger partial charge in [0.25, 0.3) is 0 Å². The first kappa shape index (κ1) is 20.3. The van der Waals surface area contributed by atoms with Crippen LogP contribution in [0.15, 0.2) is 24.3 Å². The lowest BCUT2D eigenvalue weighted by molar-refractivity contribution is -0.120. The number of benzene rings is 1. The summed E-state index contributed by atoms with van der Waals surface area (Å²) < 4.78 is 0. The Bertz CT molecular complexity index is 744. The van der Waals surface area contributed by atoms with Crippen molar-refractivity contribution >= 4 is 39.9 Å². The number of hydrogen-bond donors (Lipinski definition) is 2. The summed E-state index contributed by atoms with van der Waals surface area (Å²) in [5.74, 6) is -0.0741. The highest BCUT2D eigenvalue weighted by atomic mass is 35.5. The summed E-state index contributed by atoms with van der Waals surface area (Å²) in [5, 5.41) is 15.8. The van der Waals surface area contributed by atoms with Crippen LogP contribution in [0.1, 0.15) is 62.6 Å². The molecule has 2 N–H and O–H groups in total. The Hall–Kier alpha value is -1.99. The summed E-state index contributed by atoms with van der Waals surface area (Å²) in [7, 11) is 0. The van der Waals surface area contributed by atoms with Crippen molar-refractivity contribution < 1.29 is 9.59 Å². The highest BCUT2D eigenvalue weighted by Crippen LogP contribution is 2.28. The van der Waals surface area contributed by atoms with Gasteiger partial charge in [-0.3, -0.25) is 9.59 Å². The van der Waals surface area contributed by atoms with Crippen LogP contribution < -0.4 is 10.6 Å². The van der Waals surface area contributed by atoms with Gasteiger partial charge in [0.1, 0.15) is 5.01 Å². The lowest BCUT2D eigenvalue weighted by atomic mass is 10.0. The van der Waals surface area contributed by atoms with Gasteiger partial charge in [0.15, 0.2) is 0 Å². The molecule has 1 aromatic carbocycles. The first-order valence-electron chi connectivity index (χ1n) is 8.58. The number of carbonyl (C=O) groups is 2. The van der Waals surface area contributed by atoms with Crippen LogP contribution in [0.5, 0.6) is 0 Å². The highest BCUT2D eigenvalue weighted by molar-refractivity contribution is 7.15. The molecule has 0 radical (unpaired) electrons. The SMILES string of the molecule is CCC(CC)c1nnc(NC(=O)CC(NC(C)=O)c2ccc(Cl)cc2)s1. The summed E-state index contributed by atoms with van der Waals surface area (Å²) in [5.41, 5.74) is 0.815. The zero-order valence-corrected chi connectivity index (χ0v) is 16.7. The van der Waals surface area contributed by atoms with Gasteiger partial charge >= 0.3 is 0 Å². The van der Waals surface area contributed by atoms with Crippen LogP contribution in [0.2, 0.25) is 5.02 Å². The summed E-state index contributed by atoms with van der Waals surface area (Å²) in [6, 6.07) is 6.63. The van der Waals surface area contributed by atoms with E-state index in [1.165, 1.54) is 18.3 Å². The normalized spacial score (nSPS) is 12.0. The first-order chi connectivity index (χ1) is 12.4. The highest BCUT2D eigenvalue weighted by Gasteiger charge is 2.19. The molecular weight excluding hydrogens is 372 g/mol. The molecule has 1 aromatic heterocycles. The molecule has 0 aliphatic heterocycles. The second-order valence-corrected chi connectivity index (χ2v) is 7.46. The molecule has 1 unspecified atom stereocenters. The number of aromatic nitrogens is 2. The van der Waals surface area contributed by atoms with E-state index >= 15 is 0 Å². The average molecular weight is 395 g/mol. The second kappa shape index (κ2) is 9.64. The van der Waals surface area contributed by atoms with E-state index in [9.17, 15) is 9.59 Å². The second-order valence-electron chi connectivity index (χ2n) is 6.02. The van der Waals surface area contributed by atoms with Crippen molar-refractivity contribution in [1.82, 2.24) is 15.5 Å². The van der Waals surface area contributed by atoms with Gasteiger partial charge in [-0.25, -0.2) is 0 Å². The number of anilines is 1. The zero-order valence-electron chi connectivity index (χ0n) is 15.1. The Kier molecular flexibility index (Phi) is 7.53. The molecule has 0 fully saturated rings. The van der Waals surface area contributed by atoms with Gasteiger partial charge in [0.2, 0.25) is 16.9 Å².